The smallest absolute Gasteiger partial charge is 0.351 e. The minimum Gasteiger partial charge on any atom is -0.387 e. The maximum absolute atomic E-state index is 11.8. The Morgan fingerprint density at radius 3 is 2.75 bits per heavy atom. The molecule has 0 bridgehead atoms. The van der Waals surface area contributed by atoms with Crippen molar-refractivity contribution in [2.45, 2.75) is 36.1 Å². The first-order chi connectivity index (χ1) is 9.22. The second-order valence-corrected chi connectivity index (χ2v) is 5.62. The predicted octanol–water partition coefficient (Wildman–Crippen LogP) is -1.81. The lowest BCUT2D eigenvalue weighted by atomic mass is 9.94. The van der Waals surface area contributed by atoms with Crippen molar-refractivity contribution in [1.29, 1.82) is 0 Å². The quantitative estimate of drug-likeness (QED) is 0.473. The molecule has 1 aliphatic carbocycles. The van der Waals surface area contributed by atoms with Crippen LogP contribution in [0.25, 0.3) is 0 Å². The average Bonchev–Trinajstić information content (AvgIpc) is 2.78. The molecule has 1 saturated heterocycles. The first-order valence-electron chi connectivity index (χ1n) is 5.93. The van der Waals surface area contributed by atoms with Gasteiger partial charge in [0.2, 0.25) is 0 Å². The fourth-order valence-electron chi connectivity index (χ4n) is 2.97. The number of anilines is 1. The number of hydrogen-bond acceptors (Lipinski definition) is 7. The van der Waals surface area contributed by atoms with Crippen molar-refractivity contribution in [3.63, 3.8) is 0 Å². The van der Waals surface area contributed by atoms with E-state index in [1.54, 1.807) is 0 Å². The molecule has 0 spiro atoms. The van der Waals surface area contributed by atoms with Crippen LogP contribution in [0.5, 0.6) is 0 Å². The molecule has 9 heteroatoms. The van der Waals surface area contributed by atoms with Crippen LogP contribution in [0, 0.1) is 0 Å². The van der Waals surface area contributed by atoms with Gasteiger partial charge in [0.15, 0.2) is 11.8 Å². The molecule has 8 nitrogen and oxygen atoms in total. The lowest BCUT2D eigenvalue weighted by Gasteiger charge is -2.32. The number of nitrogens with two attached hydrogens (primary N) is 1. The molecule has 0 amide bonds. The normalized spacial score (nSPS) is 46.2. The maximum Gasteiger partial charge on any atom is 0.351 e. The Kier molecular flexibility index (Phi) is 2.56. The molecule has 2 aliphatic rings. The Bertz CT molecular complexity index is 635. The van der Waals surface area contributed by atoms with Crippen LogP contribution in [-0.2, 0) is 4.74 Å². The highest BCUT2D eigenvalue weighted by atomic mass is 35.5. The number of rotatable bonds is 2. The molecule has 3 rings (SSSR count). The van der Waals surface area contributed by atoms with Crippen LogP contribution in [0.15, 0.2) is 17.1 Å². The summed E-state index contributed by atoms with van der Waals surface area (Å²) in [7, 11) is 0. The summed E-state index contributed by atoms with van der Waals surface area (Å²) in [4.78, 5) is 15.3. The van der Waals surface area contributed by atoms with Crippen molar-refractivity contribution in [1.82, 2.24) is 9.55 Å². The molecule has 0 aromatic carbocycles. The SMILES string of the molecule is CC1(O)C(n2ccc(N)nc2=O)OC2(CCl)C(O)C12O. The molecule has 5 unspecified atom stereocenters. The van der Waals surface area contributed by atoms with E-state index in [4.69, 9.17) is 22.1 Å². The minimum absolute atomic E-state index is 0.0276. The lowest BCUT2D eigenvalue weighted by molar-refractivity contribution is -0.165. The Morgan fingerprint density at radius 2 is 2.25 bits per heavy atom. The van der Waals surface area contributed by atoms with Crippen LogP contribution < -0.4 is 11.4 Å². The van der Waals surface area contributed by atoms with Gasteiger partial charge >= 0.3 is 5.69 Å². The van der Waals surface area contributed by atoms with Gasteiger partial charge in [-0.25, -0.2) is 4.79 Å². The van der Waals surface area contributed by atoms with Crippen molar-refractivity contribution >= 4 is 17.4 Å². The van der Waals surface area contributed by atoms with E-state index in [-0.39, 0.29) is 11.7 Å². The van der Waals surface area contributed by atoms with E-state index < -0.39 is 34.8 Å². The van der Waals surface area contributed by atoms with Crippen LogP contribution in [0.2, 0.25) is 0 Å². The van der Waals surface area contributed by atoms with Crippen LogP contribution in [-0.4, -0.2) is 53.7 Å². The van der Waals surface area contributed by atoms with E-state index in [1.165, 1.54) is 19.2 Å². The van der Waals surface area contributed by atoms with E-state index in [1.807, 2.05) is 0 Å². The summed E-state index contributed by atoms with van der Waals surface area (Å²) in [6.45, 7) is 1.27. The second kappa shape index (κ2) is 3.71. The Labute approximate surface area is 118 Å². The molecular formula is C11H14ClN3O5. The van der Waals surface area contributed by atoms with Crippen molar-refractivity contribution in [2.75, 3.05) is 11.6 Å². The number of nitrogen functional groups attached to an aromatic ring is 1. The van der Waals surface area contributed by atoms with Gasteiger partial charge in [-0.05, 0) is 13.0 Å². The topological polar surface area (TPSA) is 131 Å². The number of aliphatic hydroxyl groups excluding tert-OH is 1. The zero-order valence-electron chi connectivity index (χ0n) is 10.5. The third-order valence-electron chi connectivity index (χ3n) is 4.28. The highest BCUT2D eigenvalue weighted by Gasteiger charge is 2.91. The molecule has 0 radical (unpaired) electrons. The monoisotopic (exact) mass is 303 g/mol. The highest BCUT2D eigenvalue weighted by Crippen LogP contribution is 2.67. The number of aliphatic hydroxyl groups is 3. The van der Waals surface area contributed by atoms with E-state index in [9.17, 15) is 20.1 Å². The van der Waals surface area contributed by atoms with Crippen molar-refractivity contribution in [3.05, 3.63) is 22.7 Å². The molecule has 1 saturated carbocycles. The van der Waals surface area contributed by atoms with Gasteiger partial charge in [0.1, 0.15) is 23.1 Å². The summed E-state index contributed by atoms with van der Waals surface area (Å²) in [5, 5.41) is 30.8. The van der Waals surface area contributed by atoms with E-state index in [0.29, 0.717) is 0 Å². The number of aromatic nitrogens is 2. The third-order valence-corrected chi connectivity index (χ3v) is 4.67. The highest BCUT2D eigenvalue weighted by molar-refractivity contribution is 6.19. The zero-order valence-corrected chi connectivity index (χ0v) is 11.3. The lowest BCUT2D eigenvalue weighted by Crippen LogP contribution is -2.50. The summed E-state index contributed by atoms with van der Waals surface area (Å²) >= 11 is 5.74. The second-order valence-electron chi connectivity index (χ2n) is 5.35. The number of ether oxygens (including phenoxy) is 1. The van der Waals surface area contributed by atoms with Gasteiger partial charge in [0.05, 0.1) is 5.88 Å². The molecule has 1 aromatic rings. The largest absolute Gasteiger partial charge is 0.387 e. The van der Waals surface area contributed by atoms with Crippen molar-refractivity contribution in [2.24, 2.45) is 0 Å². The van der Waals surface area contributed by atoms with Crippen molar-refractivity contribution in [3.8, 4) is 0 Å². The van der Waals surface area contributed by atoms with Crippen LogP contribution >= 0.6 is 11.6 Å². The summed E-state index contributed by atoms with van der Waals surface area (Å²) in [6.07, 6.45) is -1.25. The number of hydrogen-bond donors (Lipinski definition) is 4. The number of nitrogens with zero attached hydrogens (tertiary/aromatic N) is 2. The molecule has 110 valence electrons. The minimum atomic E-state index is -1.94. The Morgan fingerprint density at radius 1 is 1.60 bits per heavy atom. The first-order valence-corrected chi connectivity index (χ1v) is 6.47. The van der Waals surface area contributed by atoms with Gasteiger partial charge in [-0.15, -0.1) is 11.6 Å². The van der Waals surface area contributed by atoms with E-state index in [0.717, 1.165) is 4.57 Å². The molecule has 5 atom stereocenters. The van der Waals surface area contributed by atoms with E-state index >= 15 is 0 Å². The predicted molar refractivity (Wildman–Crippen MR) is 68.1 cm³/mol. The van der Waals surface area contributed by atoms with Crippen LogP contribution in [0.3, 0.4) is 0 Å². The average molecular weight is 304 g/mol. The Hall–Kier alpha value is -1.19. The van der Waals surface area contributed by atoms with Gasteiger partial charge < -0.3 is 25.8 Å². The molecule has 2 fully saturated rings. The molecule has 1 aliphatic heterocycles. The standard InChI is InChI=1S/C11H14ClN3O5/c1-9(18)7(15-3-2-5(13)14-8(15)17)20-10(4-12)6(16)11(9,10)19/h2-3,6-7,16,18-19H,4H2,1H3,(H2,13,14,17). The van der Waals surface area contributed by atoms with Gasteiger partial charge in [0.25, 0.3) is 0 Å². The summed E-state index contributed by atoms with van der Waals surface area (Å²) < 4.78 is 6.51. The summed E-state index contributed by atoms with van der Waals surface area (Å²) in [6, 6.07) is 1.36. The van der Waals surface area contributed by atoms with Crippen LogP contribution in [0.1, 0.15) is 13.2 Å². The van der Waals surface area contributed by atoms with Crippen LogP contribution in [0.4, 0.5) is 5.82 Å². The first kappa shape index (κ1) is 13.8. The molecule has 5 N–H and O–H groups in total. The maximum atomic E-state index is 11.8. The summed E-state index contributed by atoms with van der Waals surface area (Å²) in [5.41, 5.74) is -0.692. The number of halogens is 1. The summed E-state index contributed by atoms with van der Waals surface area (Å²) in [5.74, 6) is -0.200. The fraction of sp³-hybridized carbons (Fsp3) is 0.636. The molecule has 1 aromatic heterocycles. The fourth-order valence-corrected chi connectivity index (χ4v) is 3.38. The third kappa shape index (κ3) is 1.26. The van der Waals surface area contributed by atoms with Gasteiger partial charge in [-0.1, -0.05) is 0 Å². The van der Waals surface area contributed by atoms with Crippen molar-refractivity contribution < 1.29 is 20.1 Å². The van der Waals surface area contributed by atoms with Gasteiger partial charge in [0, 0.05) is 6.20 Å². The number of fused-ring (bicyclic) bond motifs is 1. The van der Waals surface area contributed by atoms with Gasteiger partial charge in [-0.2, -0.15) is 4.98 Å². The number of alkyl halides is 1. The molecular weight excluding hydrogens is 290 g/mol. The van der Waals surface area contributed by atoms with E-state index in [2.05, 4.69) is 4.98 Å². The molecule has 20 heavy (non-hydrogen) atoms. The van der Waals surface area contributed by atoms with Gasteiger partial charge in [-0.3, -0.25) is 4.57 Å². The zero-order chi connectivity index (χ0) is 14.9. The molecule has 2 heterocycles. The Balaban J connectivity index is 2.08.